The van der Waals surface area contributed by atoms with Crippen LogP contribution in [0.2, 0.25) is 5.02 Å². The number of rotatable bonds is 5. The van der Waals surface area contributed by atoms with Crippen molar-refractivity contribution in [3.63, 3.8) is 0 Å². The second-order valence-corrected chi connectivity index (χ2v) is 3.26. The summed E-state index contributed by atoms with van der Waals surface area (Å²) in [6.45, 7) is 4.37. The Bertz CT molecular complexity index is 297. The summed E-state index contributed by atoms with van der Waals surface area (Å²) in [5.74, 6) is 1.42. The van der Waals surface area contributed by atoms with Crippen molar-refractivity contribution in [1.82, 2.24) is 0 Å². The summed E-state index contributed by atoms with van der Waals surface area (Å²) in [7, 11) is 1.61. The van der Waals surface area contributed by atoms with Gasteiger partial charge >= 0.3 is 23.1 Å². The van der Waals surface area contributed by atoms with Crippen molar-refractivity contribution in [3.05, 3.63) is 30.1 Å². The van der Waals surface area contributed by atoms with Gasteiger partial charge in [0.2, 0.25) is 0 Å². The summed E-state index contributed by atoms with van der Waals surface area (Å²) >= 11 is 5.94. The first-order valence-corrected chi connectivity index (χ1v) is 4.91. The first-order valence-electron chi connectivity index (χ1n) is 4.53. The number of unbranched alkanes of at least 4 members (excludes halogenated alkanes) is 1. The summed E-state index contributed by atoms with van der Waals surface area (Å²) < 4.78 is 10.5. The summed E-state index contributed by atoms with van der Waals surface area (Å²) in [5, 5.41) is 0.606. The van der Waals surface area contributed by atoms with Crippen LogP contribution >= 0.6 is 11.6 Å². The molecule has 0 aliphatic carbocycles. The molecule has 0 saturated carbocycles. The van der Waals surface area contributed by atoms with E-state index in [4.69, 9.17) is 21.1 Å². The van der Waals surface area contributed by atoms with Gasteiger partial charge in [-0.3, -0.25) is 0 Å². The van der Waals surface area contributed by atoms with Crippen molar-refractivity contribution in [2.75, 3.05) is 13.7 Å². The van der Waals surface area contributed by atoms with Crippen LogP contribution in [-0.4, -0.2) is 36.8 Å². The van der Waals surface area contributed by atoms with Crippen molar-refractivity contribution < 1.29 is 26.5 Å². The Morgan fingerprint density at radius 3 is 2.62 bits per heavy atom. The fourth-order valence-electron chi connectivity index (χ4n) is 1.01. The van der Waals surface area contributed by atoms with Crippen molar-refractivity contribution in [2.24, 2.45) is 0 Å². The maximum atomic E-state index is 5.94. The van der Waals surface area contributed by atoms with E-state index in [2.05, 4.69) is 6.92 Å². The van der Waals surface area contributed by atoms with Crippen LogP contribution in [0.1, 0.15) is 12.8 Å². The molecule has 5 heteroatoms. The van der Waals surface area contributed by atoms with E-state index in [1.54, 1.807) is 25.3 Å². The predicted molar refractivity (Wildman–Crippen MR) is 63.8 cm³/mol. The van der Waals surface area contributed by atoms with Gasteiger partial charge in [-0.05, 0) is 18.6 Å². The molecule has 0 atom stereocenters. The number of hydrogen-bond donors (Lipinski definition) is 0. The normalized spacial score (nSPS) is 8.69. The van der Waals surface area contributed by atoms with Gasteiger partial charge in [0.1, 0.15) is 11.5 Å². The fraction of sp³-hybridized carbons (Fsp3) is 0.364. The molecule has 0 amide bonds. The minimum Gasteiger partial charge on any atom is -1.00 e. The second-order valence-electron chi connectivity index (χ2n) is 2.85. The fourth-order valence-corrected chi connectivity index (χ4v) is 1.18. The molecule has 0 heterocycles. The van der Waals surface area contributed by atoms with Gasteiger partial charge in [0.05, 0.1) is 18.7 Å². The van der Waals surface area contributed by atoms with Gasteiger partial charge in [0.25, 0.3) is 0 Å². The largest absolute Gasteiger partial charge is 2.00 e. The molecule has 0 aliphatic heterocycles. The van der Waals surface area contributed by atoms with Crippen molar-refractivity contribution in [2.45, 2.75) is 12.8 Å². The third-order valence-corrected chi connectivity index (χ3v) is 2.10. The average molecular weight is 318 g/mol. The van der Waals surface area contributed by atoms with Crippen LogP contribution in [0.15, 0.2) is 18.2 Å². The van der Waals surface area contributed by atoms with E-state index in [1.165, 1.54) is 0 Å². The van der Waals surface area contributed by atoms with Gasteiger partial charge in [-0.1, -0.05) is 11.6 Å². The molecule has 0 radical (unpaired) electrons. The minimum atomic E-state index is 0. The van der Waals surface area contributed by atoms with Gasteiger partial charge in [-0.15, -0.1) is 0 Å². The standard InChI is InChI=1S/C11H14ClO2.BrH.Mg/c1-3-4-7-14-11-8-9(13-2)5-6-10(11)12;;/h5-6,8H,1,3-4,7H2,2H3;1H;/q-1;;+2/p-1. The van der Waals surface area contributed by atoms with E-state index in [9.17, 15) is 0 Å². The number of halogens is 2. The average Bonchev–Trinajstić information content (AvgIpc) is 2.21. The van der Waals surface area contributed by atoms with Crippen LogP contribution in [0.3, 0.4) is 0 Å². The number of benzene rings is 1. The monoisotopic (exact) mass is 316 g/mol. The van der Waals surface area contributed by atoms with Crippen LogP contribution in [0, 0.1) is 6.92 Å². The second kappa shape index (κ2) is 10.5. The van der Waals surface area contributed by atoms with Crippen LogP contribution in [0.25, 0.3) is 0 Å². The van der Waals surface area contributed by atoms with E-state index in [0.717, 1.165) is 18.6 Å². The summed E-state index contributed by atoms with van der Waals surface area (Å²) in [6.07, 6.45) is 1.79. The number of methoxy groups -OCH3 is 1. The molecular weight excluding hydrogens is 304 g/mol. The Morgan fingerprint density at radius 2 is 2.06 bits per heavy atom. The maximum Gasteiger partial charge on any atom is 2.00 e. The zero-order valence-corrected chi connectivity index (χ0v) is 13.1. The van der Waals surface area contributed by atoms with Gasteiger partial charge in [-0.2, -0.15) is 6.42 Å². The third kappa shape index (κ3) is 6.18. The van der Waals surface area contributed by atoms with Crippen LogP contribution in [-0.2, 0) is 0 Å². The van der Waals surface area contributed by atoms with Crippen LogP contribution < -0.4 is 26.5 Å². The van der Waals surface area contributed by atoms with Crippen molar-refractivity contribution in [3.8, 4) is 11.5 Å². The molecule has 0 aliphatic rings. The SMILES string of the molecule is [Br-].[CH2-]CCCOc1cc(OC)ccc1Cl.[Mg+2]. The van der Waals surface area contributed by atoms with Crippen molar-refractivity contribution in [1.29, 1.82) is 0 Å². The molecule has 2 nitrogen and oxygen atoms in total. The zero-order chi connectivity index (χ0) is 10.4. The van der Waals surface area contributed by atoms with Crippen LogP contribution in [0.4, 0.5) is 0 Å². The summed E-state index contributed by atoms with van der Waals surface area (Å²) in [5.41, 5.74) is 0. The van der Waals surface area contributed by atoms with Gasteiger partial charge in [-0.25, -0.2) is 0 Å². The molecule has 0 unspecified atom stereocenters. The molecule has 0 saturated heterocycles. The quantitative estimate of drug-likeness (QED) is 0.431. The predicted octanol–water partition coefficient (Wildman–Crippen LogP) is -0.0351. The molecule has 0 aromatic heterocycles. The smallest absolute Gasteiger partial charge is 1.00 e. The first-order chi connectivity index (χ1) is 6.77. The van der Waals surface area contributed by atoms with E-state index in [0.29, 0.717) is 17.4 Å². The summed E-state index contributed by atoms with van der Waals surface area (Å²) in [4.78, 5) is 0. The molecule has 86 valence electrons. The molecule has 1 aromatic rings. The number of hydrogen-bond acceptors (Lipinski definition) is 2. The Labute approximate surface area is 129 Å². The Balaban J connectivity index is 0. The zero-order valence-electron chi connectivity index (χ0n) is 9.34. The Kier molecular flexibility index (Phi) is 12.3. The van der Waals surface area contributed by atoms with Gasteiger partial charge < -0.3 is 33.4 Å². The molecule has 0 N–H and O–H groups in total. The molecule has 0 spiro atoms. The van der Waals surface area contributed by atoms with Crippen LogP contribution in [0.5, 0.6) is 11.5 Å². The third-order valence-electron chi connectivity index (χ3n) is 1.79. The summed E-state index contributed by atoms with van der Waals surface area (Å²) in [6, 6.07) is 5.35. The van der Waals surface area contributed by atoms with Crippen molar-refractivity contribution >= 4 is 34.7 Å². The molecule has 1 rings (SSSR count). The topological polar surface area (TPSA) is 18.5 Å². The van der Waals surface area contributed by atoms with E-state index in [-0.39, 0.29) is 40.0 Å². The first kappa shape index (κ1) is 18.7. The van der Waals surface area contributed by atoms with E-state index in [1.807, 2.05) is 0 Å². The molecule has 16 heavy (non-hydrogen) atoms. The molecular formula is C11H14BrClMgO2. The Hall–Kier alpha value is 0.356. The molecule has 0 fully saturated rings. The minimum absolute atomic E-state index is 0. The van der Waals surface area contributed by atoms with Gasteiger partial charge in [0, 0.05) is 6.07 Å². The van der Waals surface area contributed by atoms with Gasteiger partial charge in [0.15, 0.2) is 0 Å². The molecule has 1 aromatic carbocycles. The van der Waals surface area contributed by atoms with E-state index < -0.39 is 0 Å². The van der Waals surface area contributed by atoms with E-state index >= 15 is 0 Å². The maximum absolute atomic E-state index is 5.94. The Morgan fingerprint density at radius 1 is 1.38 bits per heavy atom. The molecule has 0 bridgehead atoms. The number of ether oxygens (including phenoxy) is 2.